The third kappa shape index (κ3) is 3.57. The van der Waals surface area contributed by atoms with E-state index in [9.17, 15) is 17.6 Å². The molecule has 1 unspecified atom stereocenters. The van der Waals surface area contributed by atoms with Crippen molar-refractivity contribution in [3.05, 3.63) is 35.6 Å². The van der Waals surface area contributed by atoms with Crippen molar-refractivity contribution in [2.24, 2.45) is 5.92 Å². The van der Waals surface area contributed by atoms with Crippen molar-refractivity contribution in [1.82, 2.24) is 5.32 Å². The second-order valence-corrected chi connectivity index (χ2v) is 8.96. The maximum atomic E-state index is 13.9. The van der Waals surface area contributed by atoms with Gasteiger partial charge in [-0.2, -0.15) is 0 Å². The number of benzene rings is 1. The summed E-state index contributed by atoms with van der Waals surface area (Å²) >= 11 is 0. The van der Waals surface area contributed by atoms with Gasteiger partial charge in [-0.3, -0.25) is 4.79 Å². The quantitative estimate of drug-likeness (QED) is 0.808. The van der Waals surface area contributed by atoms with Gasteiger partial charge < -0.3 is 5.32 Å². The first-order chi connectivity index (χ1) is 10.9. The first-order valence-electron chi connectivity index (χ1n) is 8.17. The SMILES string of the molecule is O=C(NCCCC1CCS(=O)(=O)C1)C1(c2ccccc2F)CC1. The minimum Gasteiger partial charge on any atom is -0.355 e. The zero-order valence-electron chi connectivity index (χ0n) is 13.1. The van der Waals surface area contributed by atoms with Crippen LogP contribution in [-0.2, 0) is 20.0 Å². The molecule has 1 aliphatic heterocycles. The fraction of sp³-hybridized carbons (Fsp3) is 0.588. The number of carbonyl (C=O) groups is 1. The van der Waals surface area contributed by atoms with Crippen LogP contribution in [0, 0.1) is 11.7 Å². The Morgan fingerprint density at radius 3 is 2.65 bits per heavy atom. The molecule has 1 amide bonds. The summed E-state index contributed by atoms with van der Waals surface area (Å²) in [6.45, 7) is 0.519. The van der Waals surface area contributed by atoms with Crippen LogP contribution in [0.5, 0.6) is 0 Å². The average molecular weight is 339 g/mol. The van der Waals surface area contributed by atoms with Gasteiger partial charge in [0.25, 0.3) is 0 Å². The molecule has 1 N–H and O–H groups in total. The highest BCUT2D eigenvalue weighted by Crippen LogP contribution is 2.49. The van der Waals surface area contributed by atoms with E-state index in [2.05, 4.69) is 5.32 Å². The van der Waals surface area contributed by atoms with Crippen molar-refractivity contribution in [2.75, 3.05) is 18.1 Å². The second-order valence-electron chi connectivity index (χ2n) is 6.73. The molecular weight excluding hydrogens is 317 g/mol. The smallest absolute Gasteiger partial charge is 0.230 e. The normalized spacial score (nSPS) is 24.3. The van der Waals surface area contributed by atoms with E-state index in [-0.39, 0.29) is 23.4 Å². The molecule has 1 aromatic rings. The summed E-state index contributed by atoms with van der Waals surface area (Å²) in [5, 5.41) is 2.90. The molecule has 0 aromatic heterocycles. The lowest BCUT2D eigenvalue weighted by molar-refractivity contribution is -0.123. The summed E-state index contributed by atoms with van der Waals surface area (Å²) in [6.07, 6.45) is 3.67. The lowest BCUT2D eigenvalue weighted by Crippen LogP contribution is -2.36. The molecule has 0 bridgehead atoms. The highest BCUT2D eigenvalue weighted by atomic mass is 32.2. The van der Waals surface area contributed by atoms with Crippen LogP contribution in [-0.4, -0.2) is 32.4 Å². The summed E-state index contributed by atoms with van der Waals surface area (Å²) in [7, 11) is -2.83. The van der Waals surface area contributed by atoms with E-state index in [1.165, 1.54) is 6.07 Å². The van der Waals surface area contributed by atoms with Gasteiger partial charge in [0.05, 0.1) is 16.9 Å². The Morgan fingerprint density at radius 2 is 2.04 bits per heavy atom. The number of hydrogen-bond acceptors (Lipinski definition) is 3. The van der Waals surface area contributed by atoms with E-state index in [4.69, 9.17) is 0 Å². The number of sulfone groups is 1. The van der Waals surface area contributed by atoms with Gasteiger partial charge in [-0.15, -0.1) is 0 Å². The Bertz CT molecular complexity index is 698. The van der Waals surface area contributed by atoms with Gasteiger partial charge in [0.1, 0.15) is 5.82 Å². The Labute approximate surface area is 136 Å². The fourth-order valence-corrected chi connectivity index (χ4v) is 5.37. The van der Waals surface area contributed by atoms with Crippen molar-refractivity contribution in [1.29, 1.82) is 0 Å². The van der Waals surface area contributed by atoms with Crippen LogP contribution in [0.3, 0.4) is 0 Å². The van der Waals surface area contributed by atoms with Crippen LogP contribution < -0.4 is 5.32 Å². The van der Waals surface area contributed by atoms with E-state index >= 15 is 0 Å². The molecule has 2 fully saturated rings. The highest BCUT2D eigenvalue weighted by molar-refractivity contribution is 7.91. The van der Waals surface area contributed by atoms with Crippen molar-refractivity contribution < 1.29 is 17.6 Å². The zero-order chi connectivity index (χ0) is 16.5. The number of halogens is 1. The van der Waals surface area contributed by atoms with Crippen molar-refractivity contribution >= 4 is 15.7 Å². The highest BCUT2D eigenvalue weighted by Gasteiger charge is 2.52. The van der Waals surface area contributed by atoms with Gasteiger partial charge in [-0.05, 0) is 44.1 Å². The van der Waals surface area contributed by atoms with E-state index in [0.29, 0.717) is 30.7 Å². The van der Waals surface area contributed by atoms with Crippen LogP contribution in [0.1, 0.15) is 37.7 Å². The molecule has 1 atom stereocenters. The number of carbonyl (C=O) groups excluding carboxylic acids is 1. The molecular formula is C17H22FNO3S. The molecule has 1 saturated carbocycles. The molecule has 126 valence electrons. The molecule has 23 heavy (non-hydrogen) atoms. The Balaban J connectivity index is 1.48. The molecule has 2 aliphatic rings. The molecule has 0 spiro atoms. The average Bonchev–Trinajstić information content (AvgIpc) is 3.24. The molecule has 6 heteroatoms. The van der Waals surface area contributed by atoms with Crippen LogP contribution in [0.2, 0.25) is 0 Å². The predicted octanol–water partition coefficient (Wildman–Crippen LogP) is 2.19. The minimum absolute atomic E-state index is 0.110. The number of nitrogens with one attached hydrogen (secondary N) is 1. The molecule has 1 aromatic carbocycles. The topological polar surface area (TPSA) is 63.2 Å². The van der Waals surface area contributed by atoms with Gasteiger partial charge in [-0.25, -0.2) is 12.8 Å². The zero-order valence-corrected chi connectivity index (χ0v) is 13.9. The Kier molecular flexibility index (Phi) is 4.45. The third-order valence-corrected chi connectivity index (χ3v) is 6.81. The Morgan fingerprint density at radius 1 is 1.30 bits per heavy atom. The van der Waals surface area contributed by atoms with E-state index in [0.717, 1.165) is 19.3 Å². The lowest BCUT2D eigenvalue weighted by Gasteiger charge is -2.17. The maximum absolute atomic E-state index is 13.9. The second kappa shape index (κ2) is 6.23. The summed E-state index contributed by atoms with van der Waals surface area (Å²) < 4.78 is 36.7. The van der Waals surface area contributed by atoms with E-state index in [1.807, 2.05) is 0 Å². The van der Waals surface area contributed by atoms with Gasteiger partial charge in [0, 0.05) is 12.1 Å². The van der Waals surface area contributed by atoms with Gasteiger partial charge in [0.15, 0.2) is 9.84 Å². The first kappa shape index (κ1) is 16.4. The summed E-state index contributed by atoms with van der Waals surface area (Å²) in [6, 6.07) is 6.46. The molecule has 1 heterocycles. The fourth-order valence-electron chi connectivity index (χ4n) is 3.45. The minimum atomic E-state index is -2.83. The molecule has 1 saturated heterocycles. The van der Waals surface area contributed by atoms with Gasteiger partial charge >= 0.3 is 0 Å². The van der Waals surface area contributed by atoms with Crippen LogP contribution in [0.25, 0.3) is 0 Å². The summed E-state index contributed by atoms with van der Waals surface area (Å²) in [5.41, 5.74) is -0.207. The predicted molar refractivity (Wildman–Crippen MR) is 86.3 cm³/mol. The van der Waals surface area contributed by atoms with Crippen LogP contribution in [0.4, 0.5) is 4.39 Å². The van der Waals surface area contributed by atoms with Gasteiger partial charge in [0.2, 0.25) is 5.91 Å². The van der Waals surface area contributed by atoms with E-state index in [1.54, 1.807) is 18.2 Å². The summed E-state index contributed by atoms with van der Waals surface area (Å²) in [5.74, 6) is 0.358. The number of amides is 1. The van der Waals surface area contributed by atoms with Crippen molar-refractivity contribution in [3.63, 3.8) is 0 Å². The monoisotopic (exact) mass is 339 g/mol. The van der Waals surface area contributed by atoms with Crippen molar-refractivity contribution in [3.8, 4) is 0 Å². The van der Waals surface area contributed by atoms with Crippen LogP contribution >= 0.6 is 0 Å². The Hall–Kier alpha value is -1.43. The van der Waals surface area contributed by atoms with Crippen LogP contribution in [0.15, 0.2) is 24.3 Å². The number of hydrogen-bond donors (Lipinski definition) is 1. The first-order valence-corrected chi connectivity index (χ1v) is 9.99. The maximum Gasteiger partial charge on any atom is 0.230 e. The largest absolute Gasteiger partial charge is 0.355 e. The summed E-state index contributed by atoms with van der Waals surface area (Å²) in [4.78, 5) is 12.4. The molecule has 0 radical (unpaired) electrons. The molecule has 3 rings (SSSR count). The molecule has 1 aliphatic carbocycles. The van der Waals surface area contributed by atoms with E-state index < -0.39 is 15.3 Å². The molecule has 4 nitrogen and oxygen atoms in total. The van der Waals surface area contributed by atoms with Crippen molar-refractivity contribution in [2.45, 2.75) is 37.5 Å². The standard InChI is InChI=1S/C17H22FNO3S/c18-15-6-2-1-5-14(15)17(8-9-17)16(20)19-10-3-4-13-7-11-23(21,22)12-13/h1-2,5-6,13H,3-4,7-12H2,(H,19,20). The van der Waals surface area contributed by atoms with Gasteiger partial charge in [-0.1, -0.05) is 18.2 Å². The lowest BCUT2D eigenvalue weighted by atomic mass is 9.94. The number of rotatable bonds is 6. The third-order valence-electron chi connectivity index (χ3n) is 4.98.